The molecule has 0 saturated carbocycles. The van der Waals surface area contributed by atoms with E-state index in [0.29, 0.717) is 19.8 Å². The minimum absolute atomic E-state index is 0.105. The summed E-state index contributed by atoms with van der Waals surface area (Å²) in [5.41, 5.74) is 2.73. The molecule has 2 aliphatic rings. The first-order chi connectivity index (χ1) is 15.0. The number of rotatable bonds is 5. The molecule has 32 heavy (non-hydrogen) atoms. The first-order valence-corrected chi connectivity index (χ1v) is 10.2. The van der Waals surface area contributed by atoms with Gasteiger partial charge in [0.2, 0.25) is 0 Å². The summed E-state index contributed by atoms with van der Waals surface area (Å²) in [6.07, 6.45) is -15.6. The van der Waals surface area contributed by atoms with Crippen LogP contribution in [0.5, 0.6) is 0 Å². The molecule has 2 fully saturated rings. The molecule has 180 valence electrons. The lowest BCUT2D eigenvalue weighted by Gasteiger charge is -2.36. The van der Waals surface area contributed by atoms with Gasteiger partial charge in [-0.2, -0.15) is 26.3 Å². The van der Waals surface area contributed by atoms with Crippen LogP contribution in [0.4, 0.5) is 32.0 Å². The number of carbonyl (C=O) groups excluding carboxylic acids is 1. The van der Waals surface area contributed by atoms with E-state index in [1.54, 1.807) is 4.90 Å². The maximum Gasteiger partial charge on any atom is 0.434 e. The normalized spacial score (nSPS) is 21.1. The Balaban J connectivity index is 1.72. The maximum atomic E-state index is 12.8. The minimum atomic E-state index is -5.74. The predicted octanol–water partition coefficient (Wildman–Crippen LogP) is 2.64. The fraction of sp³-hybridized carbons (Fsp3) is 0.650. The van der Waals surface area contributed by atoms with Gasteiger partial charge in [-0.1, -0.05) is 6.07 Å². The van der Waals surface area contributed by atoms with Crippen molar-refractivity contribution in [2.75, 3.05) is 50.8 Å². The quantitative estimate of drug-likeness (QED) is 0.529. The second-order valence-corrected chi connectivity index (χ2v) is 7.80. The van der Waals surface area contributed by atoms with Crippen LogP contribution in [0, 0.1) is 6.92 Å². The number of ether oxygens (including phenoxy) is 2. The third kappa shape index (κ3) is 6.04. The van der Waals surface area contributed by atoms with Crippen molar-refractivity contribution in [2.45, 2.75) is 38.0 Å². The lowest BCUT2D eigenvalue weighted by atomic mass is 10.0. The highest BCUT2D eigenvalue weighted by atomic mass is 19.4. The van der Waals surface area contributed by atoms with E-state index < -0.39 is 30.5 Å². The van der Waals surface area contributed by atoms with Crippen molar-refractivity contribution in [2.24, 2.45) is 0 Å². The maximum absolute atomic E-state index is 12.8. The molecule has 2 saturated heterocycles. The van der Waals surface area contributed by atoms with Gasteiger partial charge in [-0.05, 0) is 30.2 Å². The molecule has 1 aromatic rings. The van der Waals surface area contributed by atoms with Gasteiger partial charge in [-0.25, -0.2) is 0 Å². The van der Waals surface area contributed by atoms with Gasteiger partial charge in [0, 0.05) is 45.0 Å². The van der Waals surface area contributed by atoms with Gasteiger partial charge in [0.05, 0.1) is 13.2 Å². The van der Waals surface area contributed by atoms with E-state index in [9.17, 15) is 31.1 Å². The van der Waals surface area contributed by atoms with E-state index in [1.165, 1.54) is 0 Å². The van der Waals surface area contributed by atoms with Crippen LogP contribution >= 0.6 is 0 Å². The zero-order valence-electron chi connectivity index (χ0n) is 17.4. The summed E-state index contributed by atoms with van der Waals surface area (Å²) in [6, 6.07) is 4.47. The van der Waals surface area contributed by atoms with Crippen LogP contribution in [0.3, 0.4) is 0 Å². The van der Waals surface area contributed by atoms with Crippen LogP contribution < -0.4 is 10.2 Å². The van der Waals surface area contributed by atoms with Gasteiger partial charge in [0.15, 0.2) is 0 Å². The standard InChI is InChI=1S/C20H25F6N3O3/c1-13-10-15(28-6-8-31-9-7-28)3-2-14(13)12-29-5-4-27-11-16(29)17(30)32-18(19(21,22)23)20(24,25)26/h2-3,10,16,18,27H,4-9,11-12H2,1H3. The molecule has 3 rings (SSSR count). The molecule has 2 heterocycles. The molecule has 0 spiro atoms. The second-order valence-electron chi connectivity index (χ2n) is 7.80. The Morgan fingerprint density at radius 3 is 2.41 bits per heavy atom. The lowest BCUT2D eigenvalue weighted by Crippen LogP contribution is -2.57. The highest BCUT2D eigenvalue weighted by molar-refractivity contribution is 5.76. The van der Waals surface area contributed by atoms with Gasteiger partial charge in [-0.3, -0.25) is 9.69 Å². The van der Waals surface area contributed by atoms with Crippen LogP contribution in [0.15, 0.2) is 18.2 Å². The summed E-state index contributed by atoms with van der Waals surface area (Å²) in [4.78, 5) is 16.0. The minimum Gasteiger partial charge on any atom is -0.442 e. The first kappa shape index (κ1) is 24.6. The summed E-state index contributed by atoms with van der Waals surface area (Å²) < 4.78 is 86.0. The summed E-state index contributed by atoms with van der Waals surface area (Å²) in [5, 5.41) is 2.83. The van der Waals surface area contributed by atoms with E-state index in [2.05, 4.69) is 15.0 Å². The Morgan fingerprint density at radius 1 is 1.16 bits per heavy atom. The number of morpholine rings is 1. The summed E-state index contributed by atoms with van der Waals surface area (Å²) in [6.45, 7) is 5.44. The van der Waals surface area contributed by atoms with Crippen molar-refractivity contribution in [3.05, 3.63) is 29.3 Å². The molecule has 0 aromatic heterocycles. The molecule has 1 unspecified atom stereocenters. The average molecular weight is 469 g/mol. The largest absolute Gasteiger partial charge is 0.442 e. The van der Waals surface area contributed by atoms with Crippen molar-refractivity contribution in [1.29, 1.82) is 0 Å². The van der Waals surface area contributed by atoms with Crippen molar-refractivity contribution >= 4 is 11.7 Å². The summed E-state index contributed by atoms with van der Waals surface area (Å²) in [5.74, 6) is -1.56. The second kappa shape index (κ2) is 9.84. The average Bonchev–Trinajstić information content (AvgIpc) is 2.72. The highest BCUT2D eigenvalue weighted by Gasteiger charge is 2.60. The topological polar surface area (TPSA) is 54.0 Å². The van der Waals surface area contributed by atoms with Gasteiger partial charge >= 0.3 is 18.3 Å². The van der Waals surface area contributed by atoms with Gasteiger partial charge in [0.25, 0.3) is 6.10 Å². The van der Waals surface area contributed by atoms with E-state index in [1.807, 2.05) is 25.1 Å². The molecule has 0 radical (unpaired) electrons. The van der Waals surface area contributed by atoms with Crippen molar-refractivity contribution in [3.63, 3.8) is 0 Å². The SMILES string of the molecule is Cc1cc(N2CCOCC2)ccc1CN1CCNCC1C(=O)OC(C(F)(F)F)C(F)(F)F. The lowest BCUT2D eigenvalue weighted by molar-refractivity contribution is -0.314. The number of anilines is 1. The highest BCUT2D eigenvalue weighted by Crippen LogP contribution is 2.36. The Morgan fingerprint density at radius 2 is 1.81 bits per heavy atom. The number of nitrogens with one attached hydrogen (secondary N) is 1. The Kier molecular flexibility index (Phi) is 7.56. The number of hydrogen-bond acceptors (Lipinski definition) is 6. The molecule has 0 bridgehead atoms. The van der Waals surface area contributed by atoms with E-state index in [0.717, 1.165) is 29.9 Å². The summed E-state index contributed by atoms with van der Waals surface area (Å²) in [7, 11) is 0. The Bertz CT molecular complexity index is 782. The van der Waals surface area contributed by atoms with Gasteiger partial charge < -0.3 is 19.7 Å². The fourth-order valence-electron chi connectivity index (χ4n) is 3.78. The van der Waals surface area contributed by atoms with Crippen LogP contribution in [0.2, 0.25) is 0 Å². The fourth-order valence-corrected chi connectivity index (χ4v) is 3.78. The Hall–Kier alpha value is -2.05. The molecule has 12 heteroatoms. The molecule has 6 nitrogen and oxygen atoms in total. The van der Waals surface area contributed by atoms with Crippen molar-refractivity contribution < 1.29 is 40.6 Å². The van der Waals surface area contributed by atoms with Crippen LogP contribution in [0.25, 0.3) is 0 Å². The molecule has 0 aliphatic carbocycles. The molecule has 1 N–H and O–H groups in total. The summed E-state index contributed by atoms with van der Waals surface area (Å²) >= 11 is 0. The first-order valence-electron chi connectivity index (χ1n) is 10.2. The monoisotopic (exact) mass is 469 g/mol. The smallest absolute Gasteiger partial charge is 0.434 e. The molecular weight excluding hydrogens is 444 g/mol. The predicted molar refractivity (Wildman–Crippen MR) is 103 cm³/mol. The number of nitrogens with zero attached hydrogens (tertiary/aromatic N) is 2. The third-order valence-corrected chi connectivity index (χ3v) is 5.53. The van der Waals surface area contributed by atoms with E-state index in [4.69, 9.17) is 4.74 Å². The zero-order valence-corrected chi connectivity index (χ0v) is 17.4. The van der Waals surface area contributed by atoms with Crippen LogP contribution in [-0.2, 0) is 20.8 Å². The molecule has 1 aromatic carbocycles. The van der Waals surface area contributed by atoms with E-state index in [-0.39, 0.29) is 19.6 Å². The number of esters is 1. The van der Waals surface area contributed by atoms with Crippen LogP contribution in [-0.4, -0.2) is 81.3 Å². The van der Waals surface area contributed by atoms with Crippen molar-refractivity contribution in [3.8, 4) is 0 Å². The van der Waals surface area contributed by atoms with Crippen molar-refractivity contribution in [1.82, 2.24) is 10.2 Å². The number of piperazine rings is 1. The van der Waals surface area contributed by atoms with E-state index >= 15 is 0 Å². The molecule has 2 aliphatic heterocycles. The number of alkyl halides is 6. The molecule has 1 atom stereocenters. The third-order valence-electron chi connectivity index (χ3n) is 5.53. The zero-order chi connectivity index (χ0) is 23.5. The van der Waals surface area contributed by atoms with Gasteiger partial charge in [-0.15, -0.1) is 0 Å². The number of aryl methyl sites for hydroxylation is 1. The number of carbonyl (C=O) groups is 1. The van der Waals surface area contributed by atoms with Gasteiger partial charge in [0.1, 0.15) is 6.04 Å². The molecule has 0 amide bonds. The Labute approximate surface area is 181 Å². The molecular formula is C20H25F6N3O3. The number of hydrogen-bond donors (Lipinski definition) is 1. The number of halogens is 6. The number of benzene rings is 1. The van der Waals surface area contributed by atoms with Crippen LogP contribution in [0.1, 0.15) is 11.1 Å².